The number of ketones is 2. The van der Waals surface area contributed by atoms with Crippen LogP contribution in [-0.2, 0) is 4.79 Å². The van der Waals surface area contributed by atoms with Gasteiger partial charge in [-0.3, -0.25) is 14.4 Å². The number of carbonyl (C=O) groups is 4. The molecule has 0 bridgehead atoms. The number of amides is 1. The molecule has 0 aliphatic rings. The minimum absolute atomic E-state index is 0.0685. The fourth-order valence-corrected chi connectivity index (χ4v) is 4.44. The Kier molecular flexibility index (Phi) is 9.92. The molecule has 0 aliphatic carbocycles. The van der Waals surface area contributed by atoms with Crippen LogP contribution >= 0.6 is 0 Å². The lowest BCUT2D eigenvalue weighted by molar-refractivity contribution is -0.274. The van der Waals surface area contributed by atoms with Gasteiger partial charge >= 0.3 is 12.3 Å². The lowest BCUT2D eigenvalue weighted by Crippen LogP contribution is -2.36. The van der Waals surface area contributed by atoms with Gasteiger partial charge in [0.1, 0.15) is 5.75 Å². The summed E-state index contributed by atoms with van der Waals surface area (Å²) in [6, 6.07) is 26.5. The van der Waals surface area contributed by atoms with Gasteiger partial charge in [-0.05, 0) is 41.0 Å². The van der Waals surface area contributed by atoms with Crippen LogP contribution in [-0.4, -0.2) is 52.7 Å². The largest absolute Gasteiger partial charge is 0.573 e. The van der Waals surface area contributed by atoms with E-state index in [1.807, 2.05) is 30.3 Å². The van der Waals surface area contributed by atoms with Crippen molar-refractivity contribution in [3.8, 4) is 16.9 Å². The second-order valence-corrected chi connectivity index (χ2v) is 9.75. The summed E-state index contributed by atoms with van der Waals surface area (Å²) >= 11 is 0. The summed E-state index contributed by atoms with van der Waals surface area (Å²) in [6.45, 7) is -0.521. The first-order chi connectivity index (χ1) is 20.9. The number of ether oxygens (including phenoxy) is 1. The van der Waals surface area contributed by atoms with Gasteiger partial charge in [0.25, 0.3) is 5.91 Å². The third-order valence-corrected chi connectivity index (χ3v) is 6.69. The summed E-state index contributed by atoms with van der Waals surface area (Å²) in [5.74, 6) is -4.82. The van der Waals surface area contributed by atoms with Crippen molar-refractivity contribution in [3.63, 3.8) is 0 Å². The summed E-state index contributed by atoms with van der Waals surface area (Å²) in [4.78, 5) is 50.2. The van der Waals surface area contributed by atoms with Gasteiger partial charge in [0.2, 0.25) is 0 Å². The topological polar surface area (TPSA) is 130 Å². The van der Waals surface area contributed by atoms with Crippen LogP contribution in [0.2, 0.25) is 0 Å². The predicted molar refractivity (Wildman–Crippen MR) is 153 cm³/mol. The molecule has 0 aromatic heterocycles. The molecule has 4 aromatic carbocycles. The monoisotopic (exact) mass is 605 g/mol. The molecule has 4 rings (SSSR count). The number of aliphatic hydroxyl groups excluding tert-OH is 1. The van der Waals surface area contributed by atoms with E-state index in [9.17, 15) is 37.5 Å². The van der Waals surface area contributed by atoms with Crippen LogP contribution < -0.4 is 10.1 Å². The lowest BCUT2D eigenvalue weighted by atomic mass is 9.84. The Hall–Kier alpha value is -5.29. The van der Waals surface area contributed by atoms with Gasteiger partial charge in [0.15, 0.2) is 17.7 Å². The van der Waals surface area contributed by atoms with Crippen molar-refractivity contribution < 1.29 is 47.3 Å². The van der Waals surface area contributed by atoms with Crippen molar-refractivity contribution in [1.82, 2.24) is 5.32 Å². The van der Waals surface area contributed by atoms with Crippen LogP contribution in [0.3, 0.4) is 0 Å². The van der Waals surface area contributed by atoms with Crippen molar-refractivity contribution in [1.29, 1.82) is 0 Å². The maximum atomic E-state index is 13.8. The number of carbonyl (C=O) groups excluding carboxylic acids is 3. The van der Waals surface area contributed by atoms with E-state index in [1.165, 1.54) is 36.4 Å². The van der Waals surface area contributed by atoms with Gasteiger partial charge in [-0.1, -0.05) is 78.9 Å². The van der Waals surface area contributed by atoms with Crippen LogP contribution in [0.15, 0.2) is 103 Å². The maximum Gasteiger partial charge on any atom is 0.573 e. The summed E-state index contributed by atoms with van der Waals surface area (Å²) in [5, 5.41) is 20.4. The van der Waals surface area contributed by atoms with E-state index in [2.05, 4.69) is 10.1 Å². The number of alkyl halides is 3. The first kappa shape index (κ1) is 31.6. The quantitative estimate of drug-likeness (QED) is 0.178. The van der Waals surface area contributed by atoms with E-state index >= 15 is 0 Å². The van der Waals surface area contributed by atoms with E-state index in [0.29, 0.717) is 5.56 Å². The Morgan fingerprint density at radius 3 is 1.98 bits per heavy atom. The standard InChI is InChI=1S/C33H26F3NO7/c34-33(35,36)44-26-8-4-7-25(17-26)28(38)18-27(22-11-9-21(10-12-22)20-5-2-1-3-6-20)30(40)23-13-15-24(16-14-23)31(41)37-19-29(39)32(42)43/h1-17,27,29,39H,18-19H2,(H,37,41)(H,42,43). The molecule has 226 valence electrons. The molecule has 0 saturated heterocycles. The first-order valence-electron chi connectivity index (χ1n) is 13.3. The summed E-state index contributed by atoms with van der Waals surface area (Å²) < 4.78 is 42.1. The van der Waals surface area contributed by atoms with Crippen molar-refractivity contribution in [2.24, 2.45) is 0 Å². The highest BCUT2D eigenvalue weighted by atomic mass is 19.4. The number of aliphatic hydroxyl groups is 1. The molecule has 11 heteroatoms. The zero-order chi connectivity index (χ0) is 31.9. The molecular formula is C33H26F3NO7. The van der Waals surface area contributed by atoms with E-state index in [1.54, 1.807) is 24.3 Å². The smallest absolute Gasteiger partial charge is 0.479 e. The molecule has 4 aromatic rings. The summed E-state index contributed by atoms with van der Waals surface area (Å²) in [6.07, 6.45) is -7.10. The molecule has 2 unspecified atom stereocenters. The normalized spacial score (nSPS) is 12.5. The van der Waals surface area contributed by atoms with Crippen LogP contribution in [0.1, 0.15) is 49.0 Å². The van der Waals surface area contributed by atoms with E-state index in [0.717, 1.165) is 23.3 Å². The van der Waals surface area contributed by atoms with Crippen LogP contribution in [0, 0.1) is 0 Å². The third-order valence-electron chi connectivity index (χ3n) is 6.69. The highest BCUT2D eigenvalue weighted by Crippen LogP contribution is 2.30. The minimum atomic E-state index is -4.94. The average Bonchev–Trinajstić information content (AvgIpc) is 3.01. The first-order valence-corrected chi connectivity index (χ1v) is 13.3. The second kappa shape index (κ2) is 13.8. The van der Waals surface area contributed by atoms with Gasteiger partial charge in [-0.15, -0.1) is 13.2 Å². The van der Waals surface area contributed by atoms with Crippen LogP contribution in [0.5, 0.6) is 5.75 Å². The number of aliphatic carboxylic acids is 1. The number of halogens is 3. The molecule has 3 N–H and O–H groups in total. The number of hydrogen-bond donors (Lipinski definition) is 3. The number of nitrogens with one attached hydrogen (secondary N) is 1. The zero-order valence-electron chi connectivity index (χ0n) is 23.0. The predicted octanol–water partition coefficient (Wildman–Crippen LogP) is 5.67. The average molecular weight is 606 g/mol. The summed E-state index contributed by atoms with van der Waals surface area (Å²) in [7, 11) is 0. The van der Waals surface area contributed by atoms with Gasteiger partial charge in [0.05, 0.1) is 12.5 Å². The second-order valence-electron chi connectivity index (χ2n) is 9.75. The number of carboxylic acids is 1. The van der Waals surface area contributed by atoms with Crippen LogP contribution in [0.4, 0.5) is 13.2 Å². The molecule has 0 spiro atoms. The molecule has 2 atom stereocenters. The lowest BCUT2D eigenvalue weighted by Gasteiger charge is -2.17. The Morgan fingerprint density at radius 2 is 1.36 bits per heavy atom. The highest BCUT2D eigenvalue weighted by molar-refractivity contribution is 6.06. The molecule has 0 fully saturated rings. The Labute approximate surface area is 249 Å². The van der Waals surface area contributed by atoms with E-state index < -0.39 is 54.1 Å². The third kappa shape index (κ3) is 8.39. The van der Waals surface area contributed by atoms with E-state index in [-0.39, 0.29) is 23.1 Å². The van der Waals surface area contributed by atoms with Gasteiger partial charge < -0.3 is 20.3 Å². The molecule has 0 saturated carbocycles. The van der Waals surface area contributed by atoms with Gasteiger partial charge in [0, 0.05) is 23.1 Å². The fraction of sp³-hybridized carbons (Fsp3) is 0.152. The van der Waals surface area contributed by atoms with Gasteiger partial charge in [-0.2, -0.15) is 0 Å². The fourth-order valence-electron chi connectivity index (χ4n) is 4.44. The van der Waals surface area contributed by atoms with Gasteiger partial charge in [-0.25, -0.2) is 4.79 Å². The number of carboxylic acid groups (broad SMARTS) is 1. The van der Waals surface area contributed by atoms with Crippen LogP contribution in [0.25, 0.3) is 11.1 Å². The molecule has 44 heavy (non-hydrogen) atoms. The number of benzene rings is 4. The number of Topliss-reactive ketones (excluding diaryl/α,β-unsaturated/α-hetero) is 2. The van der Waals surface area contributed by atoms with Crippen molar-refractivity contribution in [2.75, 3.05) is 6.54 Å². The van der Waals surface area contributed by atoms with Crippen molar-refractivity contribution in [2.45, 2.75) is 24.8 Å². The SMILES string of the molecule is O=C(CC(C(=O)c1ccc(C(=O)NCC(O)C(=O)O)cc1)c1ccc(-c2ccccc2)cc1)c1cccc(OC(F)(F)F)c1. The van der Waals surface area contributed by atoms with Crippen molar-refractivity contribution in [3.05, 3.63) is 125 Å². The Morgan fingerprint density at radius 1 is 0.750 bits per heavy atom. The number of rotatable bonds is 12. The Balaban J connectivity index is 1.60. The molecule has 0 aliphatic heterocycles. The summed E-state index contributed by atoms with van der Waals surface area (Å²) in [5.41, 5.74) is 2.49. The zero-order valence-corrected chi connectivity index (χ0v) is 23.0. The molecule has 1 amide bonds. The Bertz CT molecular complexity index is 1640. The molecular weight excluding hydrogens is 579 g/mol. The molecule has 0 heterocycles. The van der Waals surface area contributed by atoms with E-state index in [4.69, 9.17) is 5.11 Å². The minimum Gasteiger partial charge on any atom is -0.479 e. The maximum absolute atomic E-state index is 13.8. The molecule has 8 nitrogen and oxygen atoms in total. The molecule has 0 radical (unpaired) electrons. The highest BCUT2D eigenvalue weighted by Gasteiger charge is 2.32. The van der Waals surface area contributed by atoms with Crippen molar-refractivity contribution >= 4 is 23.4 Å². The number of hydrogen-bond acceptors (Lipinski definition) is 6.